The molecule has 33 heavy (non-hydrogen) atoms. The first-order valence-electron chi connectivity index (χ1n) is 12.3. The minimum Gasteiger partial charge on any atom is -0.369 e. The maximum Gasteiger partial charge on any atom is 0.235 e. The zero-order valence-corrected chi connectivity index (χ0v) is 20.1. The van der Waals surface area contributed by atoms with Crippen molar-refractivity contribution in [2.45, 2.75) is 39.0 Å². The lowest BCUT2D eigenvalue weighted by molar-refractivity contribution is -0.134. The first-order valence-corrected chi connectivity index (χ1v) is 12.3. The topological polar surface area (TPSA) is 82.5 Å². The van der Waals surface area contributed by atoms with Gasteiger partial charge in [0.05, 0.1) is 17.1 Å². The van der Waals surface area contributed by atoms with Crippen LogP contribution in [0.2, 0.25) is 0 Å². The fourth-order valence-corrected chi connectivity index (χ4v) is 5.74. The molecule has 0 spiro atoms. The Kier molecular flexibility index (Phi) is 5.91. The fraction of sp³-hybridized carbons (Fsp3) is 0.640. The van der Waals surface area contributed by atoms with Crippen LogP contribution >= 0.6 is 0 Å². The summed E-state index contributed by atoms with van der Waals surface area (Å²) in [5.41, 5.74) is 3.38. The molecule has 178 valence electrons. The van der Waals surface area contributed by atoms with Crippen molar-refractivity contribution in [2.75, 3.05) is 50.7 Å². The van der Waals surface area contributed by atoms with Gasteiger partial charge in [-0.1, -0.05) is 13.8 Å². The number of anilines is 1. The van der Waals surface area contributed by atoms with E-state index in [4.69, 9.17) is 0 Å². The van der Waals surface area contributed by atoms with Crippen LogP contribution in [0.4, 0.5) is 5.69 Å². The maximum absolute atomic E-state index is 12.4. The molecule has 3 aliphatic heterocycles. The van der Waals surface area contributed by atoms with Crippen LogP contribution in [0, 0.1) is 11.3 Å². The van der Waals surface area contributed by atoms with Gasteiger partial charge in [-0.2, -0.15) is 5.10 Å². The average molecular weight is 453 g/mol. The van der Waals surface area contributed by atoms with Crippen molar-refractivity contribution in [1.29, 1.82) is 0 Å². The first kappa shape index (κ1) is 22.3. The molecule has 2 atom stereocenters. The lowest BCUT2D eigenvalue weighted by Gasteiger charge is -2.44. The molecule has 2 N–H and O–H groups in total. The fourth-order valence-electron chi connectivity index (χ4n) is 5.74. The highest BCUT2D eigenvalue weighted by atomic mass is 16.2. The summed E-state index contributed by atoms with van der Waals surface area (Å²) in [6, 6.07) is 6.45. The molecule has 3 fully saturated rings. The van der Waals surface area contributed by atoms with Crippen molar-refractivity contribution in [3.63, 3.8) is 0 Å². The number of nitrogens with zero attached hydrogens (tertiary/aromatic N) is 4. The number of piperazine rings is 1. The molecule has 5 rings (SSSR count). The van der Waals surface area contributed by atoms with Crippen molar-refractivity contribution in [1.82, 2.24) is 25.3 Å². The van der Waals surface area contributed by atoms with E-state index in [1.807, 2.05) is 11.7 Å². The van der Waals surface area contributed by atoms with Crippen LogP contribution in [0.5, 0.6) is 0 Å². The second kappa shape index (κ2) is 8.72. The molecule has 2 amide bonds. The molecular weight excluding hydrogens is 416 g/mol. The Morgan fingerprint density at radius 3 is 2.64 bits per heavy atom. The summed E-state index contributed by atoms with van der Waals surface area (Å²) in [6.07, 6.45) is 2.15. The molecule has 1 aromatic heterocycles. The van der Waals surface area contributed by atoms with E-state index in [0.717, 1.165) is 61.8 Å². The van der Waals surface area contributed by atoms with Crippen molar-refractivity contribution >= 4 is 28.4 Å². The monoisotopic (exact) mass is 452 g/mol. The predicted molar refractivity (Wildman–Crippen MR) is 129 cm³/mol. The van der Waals surface area contributed by atoms with Gasteiger partial charge in [0.25, 0.3) is 0 Å². The maximum atomic E-state index is 12.4. The molecule has 8 heteroatoms. The number of hydrogen-bond acceptors (Lipinski definition) is 6. The van der Waals surface area contributed by atoms with Crippen LogP contribution < -0.4 is 15.5 Å². The van der Waals surface area contributed by atoms with Gasteiger partial charge in [-0.05, 0) is 48.9 Å². The number of carbonyl (C=O) groups excluding carboxylic acids is 2. The molecule has 2 aromatic rings. The number of imide groups is 1. The number of carbonyl (C=O) groups is 2. The Balaban J connectivity index is 1.27. The van der Waals surface area contributed by atoms with Crippen LogP contribution in [0.1, 0.15) is 44.7 Å². The zero-order chi connectivity index (χ0) is 23.2. The number of rotatable bonds is 4. The van der Waals surface area contributed by atoms with Crippen molar-refractivity contribution in [3.8, 4) is 0 Å². The van der Waals surface area contributed by atoms with Crippen molar-refractivity contribution in [3.05, 3.63) is 23.9 Å². The third-order valence-electron chi connectivity index (χ3n) is 8.00. The predicted octanol–water partition coefficient (Wildman–Crippen LogP) is 1.85. The van der Waals surface area contributed by atoms with Gasteiger partial charge in [0.15, 0.2) is 0 Å². The van der Waals surface area contributed by atoms with Crippen LogP contribution in [0.25, 0.3) is 10.9 Å². The molecule has 4 heterocycles. The summed E-state index contributed by atoms with van der Waals surface area (Å²) in [5.74, 6) is -0.0353. The molecule has 1 aromatic carbocycles. The minimum absolute atomic E-state index is 0.193. The number of aromatic nitrogens is 2. The van der Waals surface area contributed by atoms with E-state index < -0.39 is 0 Å². The van der Waals surface area contributed by atoms with Gasteiger partial charge in [0.1, 0.15) is 0 Å². The standard InChI is InChI=1S/C25H36N6O2/c1-25(2)16-26-9-8-17(25)15-30-10-12-31(13-11-30)18-4-5-19-21(14-18)29(3)28-23(19)20-6-7-22(32)27-24(20)33/h4-5,14,17,20,26H,6-13,15-16H2,1-3H3,(H,27,32,33)/t17-,20?/m1/s1. The van der Waals surface area contributed by atoms with Gasteiger partial charge < -0.3 is 10.2 Å². The summed E-state index contributed by atoms with van der Waals surface area (Å²) in [5, 5.41) is 11.7. The first-order chi connectivity index (χ1) is 15.8. The summed E-state index contributed by atoms with van der Waals surface area (Å²) in [6.45, 7) is 12.5. The summed E-state index contributed by atoms with van der Waals surface area (Å²) < 4.78 is 1.87. The molecule has 3 aliphatic rings. The molecular formula is C25H36N6O2. The minimum atomic E-state index is -0.361. The van der Waals surface area contributed by atoms with Crippen LogP contribution in [0.15, 0.2) is 18.2 Å². The number of nitrogens with one attached hydrogen (secondary N) is 2. The van der Waals surface area contributed by atoms with E-state index in [2.05, 4.69) is 57.6 Å². The summed E-state index contributed by atoms with van der Waals surface area (Å²) >= 11 is 0. The Bertz CT molecular complexity index is 1050. The Hall–Kier alpha value is -2.45. The quantitative estimate of drug-likeness (QED) is 0.689. The van der Waals surface area contributed by atoms with Gasteiger partial charge in [0.2, 0.25) is 11.8 Å². The number of fused-ring (bicyclic) bond motifs is 1. The van der Waals surface area contributed by atoms with Crippen molar-refractivity contribution < 1.29 is 9.59 Å². The largest absolute Gasteiger partial charge is 0.369 e. The number of hydrogen-bond donors (Lipinski definition) is 2. The Labute approximate surface area is 195 Å². The molecule has 3 saturated heterocycles. The third-order valence-corrected chi connectivity index (χ3v) is 8.00. The van der Waals surface area contributed by atoms with E-state index in [1.54, 1.807) is 0 Å². The Morgan fingerprint density at radius 2 is 1.91 bits per heavy atom. The second-order valence-corrected chi connectivity index (χ2v) is 10.7. The number of benzene rings is 1. The van der Waals surface area contributed by atoms with E-state index in [1.165, 1.54) is 18.7 Å². The molecule has 0 radical (unpaired) electrons. The highest BCUT2D eigenvalue weighted by Crippen LogP contribution is 2.34. The van der Waals surface area contributed by atoms with Crippen molar-refractivity contribution in [2.24, 2.45) is 18.4 Å². The van der Waals surface area contributed by atoms with E-state index in [-0.39, 0.29) is 17.7 Å². The second-order valence-electron chi connectivity index (χ2n) is 10.7. The molecule has 8 nitrogen and oxygen atoms in total. The number of aryl methyl sites for hydroxylation is 1. The lowest BCUT2D eigenvalue weighted by Crippen LogP contribution is -2.52. The van der Waals surface area contributed by atoms with E-state index >= 15 is 0 Å². The average Bonchev–Trinajstić information content (AvgIpc) is 3.11. The smallest absolute Gasteiger partial charge is 0.235 e. The van der Waals surface area contributed by atoms with Crippen LogP contribution in [-0.2, 0) is 16.6 Å². The number of piperidine rings is 2. The van der Waals surface area contributed by atoms with Crippen LogP contribution in [-0.4, -0.2) is 72.3 Å². The Morgan fingerprint density at radius 1 is 1.12 bits per heavy atom. The highest BCUT2D eigenvalue weighted by Gasteiger charge is 2.34. The van der Waals surface area contributed by atoms with E-state index in [9.17, 15) is 9.59 Å². The SMILES string of the molecule is Cn1nc(C2CCC(=O)NC2=O)c2ccc(N3CCN(C[C@H]4CCNCC4(C)C)CC3)cc21. The highest BCUT2D eigenvalue weighted by molar-refractivity contribution is 6.02. The molecule has 0 aliphatic carbocycles. The number of amides is 2. The van der Waals surface area contributed by atoms with E-state index in [0.29, 0.717) is 18.3 Å². The van der Waals surface area contributed by atoms with Gasteiger partial charge in [-0.3, -0.25) is 24.5 Å². The molecule has 0 bridgehead atoms. The van der Waals surface area contributed by atoms with Gasteiger partial charge in [0, 0.05) is 63.8 Å². The van der Waals surface area contributed by atoms with Crippen LogP contribution in [0.3, 0.4) is 0 Å². The summed E-state index contributed by atoms with van der Waals surface area (Å²) in [4.78, 5) is 29.0. The molecule has 0 saturated carbocycles. The van der Waals surface area contributed by atoms with Gasteiger partial charge in [-0.15, -0.1) is 0 Å². The lowest BCUT2D eigenvalue weighted by atomic mass is 9.74. The molecule has 1 unspecified atom stereocenters. The van der Waals surface area contributed by atoms with Gasteiger partial charge in [-0.25, -0.2) is 0 Å². The zero-order valence-electron chi connectivity index (χ0n) is 20.1. The third kappa shape index (κ3) is 4.38. The normalized spacial score (nSPS) is 26.6. The van der Waals surface area contributed by atoms with Gasteiger partial charge >= 0.3 is 0 Å². The summed E-state index contributed by atoms with van der Waals surface area (Å²) in [7, 11) is 1.93.